The standard InChI is InChI=1S/C14H12O3S/c1-9-6-7-14(18-9)13(17)8-12(16)10-4-2-3-5-11(10)15/h2-7,15H,8H2,1H3. The first-order chi connectivity index (χ1) is 8.58. The Morgan fingerprint density at radius 3 is 2.44 bits per heavy atom. The van der Waals surface area contributed by atoms with E-state index >= 15 is 0 Å². The predicted octanol–water partition coefficient (Wildman–Crippen LogP) is 3.22. The van der Waals surface area contributed by atoms with Crippen LogP contribution in [-0.4, -0.2) is 16.7 Å². The van der Waals surface area contributed by atoms with Gasteiger partial charge in [0.25, 0.3) is 0 Å². The maximum absolute atomic E-state index is 11.9. The van der Waals surface area contributed by atoms with Gasteiger partial charge in [0, 0.05) is 4.88 Å². The van der Waals surface area contributed by atoms with Gasteiger partial charge >= 0.3 is 0 Å². The Morgan fingerprint density at radius 1 is 1.11 bits per heavy atom. The number of ketones is 2. The topological polar surface area (TPSA) is 54.4 Å². The number of rotatable bonds is 4. The van der Waals surface area contributed by atoms with E-state index in [9.17, 15) is 14.7 Å². The van der Waals surface area contributed by atoms with Gasteiger partial charge in [-0.15, -0.1) is 11.3 Å². The minimum atomic E-state index is -0.357. The number of carbonyl (C=O) groups is 2. The number of para-hydroxylation sites is 1. The summed E-state index contributed by atoms with van der Waals surface area (Å²) in [7, 11) is 0. The molecule has 1 N–H and O–H groups in total. The summed E-state index contributed by atoms with van der Waals surface area (Å²) in [5, 5.41) is 9.54. The third kappa shape index (κ3) is 2.65. The Balaban J connectivity index is 2.13. The molecule has 1 aromatic carbocycles. The van der Waals surface area contributed by atoms with Crippen LogP contribution in [0.25, 0.3) is 0 Å². The lowest BCUT2D eigenvalue weighted by molar-refractivity contribution is 0.0895. The molecule has 0 radical (unpaired) electrons. The smallest absolute Gasteiger partial charge is 0.180 e. The summed E-state index contributed by atoms with van der Waals surface area (Å²) < 4.78 is 0. The zero-order chi connectivity index (χ0) is 13.1. The first-order valence-electron chi connectivity index (χ1n) is 5.49. The van der Waals surface area contributed by atoms with Crippen LogP contribution in [0.4, 0.5) is 0 Å². The van der Waals surface area contributed by atoms with Crippen molar-refractivity contribution in [3.05, 3.63) is 51.7 Å². The van der Waals surface area contributed by atoms with Crippen molar-refractivity contribution in [2.24, 2.45) is 0 Å². The van der Waals surface area contributed by atoms with E-state index in [0.29, 0.717) is 4.88 Å². The largest absolute Gasteiger partial charge is 0.507 e. The van der Waals surface area contributed by atoms with E-state index in [1.165, 1.54) is 23.5 Å². The molecule has 2 rings (SSSR count). The second-order valence-electron chi connectivity index (χ2n) is 3.95. The van der Waals surface area contributed by atoms with Gasteiger partial charge in [0.2, 0.25) is 0 Å². The second kappa shape index (κ2) is 5.14. The van der Waals surface area contributed by atoms with Crippen LogP contribution in [0, 0.1) is 6.92 Å². The quantitative estimate of drug-likeness (QED) is 0.678. The van der Waals surface area contributed by atoms with Crippen LogP contribution in [-0.2, 0) is 0 Å². The van der Waals surface area contributed by atoms with E-state index in [0.717, 1.165) is 4.88 Å². The summed E-state index contributed by atoms with van der Waals surface area (Å²) in [5.74, 6) is -0.650. The molecule has 0 saturated heterocycles. The van der Waals surface area contributed by atoms with Crippen LogP contribution in [0.15, 0.2) is 36.4 Å². The van der Waals surface area contributed by atoms with Gasteiger partial charge in [-0.25, -0.2) is 0 Å². The number of aryl methyl sites for hydroxylation is 1. The molecule has 0 amide bonds. The molecule has 1 heterocycles. The van der Waals surface area contributed by atoms with Crippen molar-refractivity contribution in [1.82, 2.24) is 0 Å². The SMILES string of the molecule is Cc1ccc(C(=O)CC(=O)c2ccccc2O)s1. The molecule has 0 saturated carbocycles. The van der Waals surface area contributed by atoms with Crippen molar-refractivity contribution < 1.29 is 14.7 Å². The number of hydrogen-bond acceptors (Lipinski definition) is 4. The fourth-order valence-electron chi connectivity index (χ4n) is 1.62. The number of carbonyl (C=O) groups excluding carboxylic acids is 2. The van der Waals surface area contributed by atoms with Gasteiger partial charge in [-0.2, -0.15) is 0 Å². The molecule has 92 valence electrons. The van der Waals surface area contributed by atoms with Crippen molar-refractivity contribution >= 4 is 22.9 Å². The fraction of sp³-hybridized carbons (Fsp3) is 0.143. The molecule has 0 spiro atoms. The third-order valence-electron chi connectivity index (χ3n) is 2.54. The molecule has 1 aromatic heterocycles. The summed E-state index contributed by atoms with van der Waals surface area (Å²) in [6, 6.07) is 9.82. The lowest BCUT2D eigenvalue weighted by Crippen LogP contribution is -2.07. The average molecular weight is 260 g/mol. The van der Waals surface area contributed by atoms with E-state index in [1.54, 1.807) is 18.2 Å². The number of thiophene rings is 1. The first kappa shape index (κ1) is 12.5. The van der Waals surface area contributed by atoms with Gasteiger partial charge in [-0.1, -0.05) is 12.1 Å². The summed E-state index contributed by atoms with van der Waals surface area (Å²) in [5.41, 5.74) is 0.194. The average Bonchev–Trinajstić information content (AvgIpc) is 2.76. The molecule has 18 heavy (non-hydrogen) atoms. The maximum atomic E-state index is 11.9. The summed E-state index contributed by atoms with van der Waals surface area (Å²) >= 11 is 1.37. The molecule has 0 unspecified atom stereocenters. The molecular weight excluding hydrogens is 248 g/mol. The summed E-state index contributed by atoms with van der Waals surface area (Å²) in [6.07, 6.45) is -0.211. The zero-order valence-corrected chi connectivity index (χ0v) is 10.7. The van der Waals surface area contributed by atoms with E-state index in [1.807, 2.05) is 13.0 Å². The molecule has 0 fully saturated rings. The minimum absolute atomic E-state index is 0.0855. The van der Waals surface area contributed by atoms with Crippen molar-refractivity contribution in [3.8, 4) is 5.75 Å². The highest BCUT2D eigenvalue weighted by Crippen LogP contribution is 2.21. The minimum Gasteiger partial charge on any atom is -0.507 e. The maximum Gasteiger partial charge on any atom is 0.180 e. The predicted molar refractivity (Wildman–Crippen MR) is 70.4 cm³/mol. The van der Waals surface area contributed by atoms with Crippen LogP contribution in [0.2, 0.25) is 0 Å². The molecule has 2 aromatic rings. The number of aromatic hydroxyl groups is 1. The molecule has 0 aliphatic carbocycles. The number of phenolic OH excluding ortho intramolecular Hbond substituents is 1. The van der Waals surface area contributed by atoms with Crippen molar-refractivity contribution in [2.75, 3.05) is 0 Å². The van der Waals surface area contributed by atoms with E-state index in [4.69, 9.17) is 0 Å². The number of phenols is 1. The van der Waals surface area contributed by atoms with Crippen molar-refractivity contribution in [2.45, 2.75) is 13.3 Å². The van der Waals surface area contributed by atoms with Gasteiger partial charge in [0.15, 0.2) is 11.6 Å². The molecular formula is C14H12O3S. The number of hydrogen-bond donors (Lipinski definition) is 1. The first-order valence-corrected chi connectivity index (χ1v) is 6.30. The second-order valence-corrected chi connectivity index (χ2v) is 5.24. The lowest BCUT2D eigenvalue weighted by atomic mass is 10.0. The number of Topliss-reactive ketones (excluding diaryl/α,β-unsaturated/α-hetero) is 2. The van der Waals surface area contributed by atoms with Gasteiger partial charge in [0.05, 0.1) is 16.9 Å². The molecule has 0 bridgehead atoms. The van der Waals surface area contributed by atoms with Gasteiger partial charge in [0.1, 0.15) is 5.75 Å². The van der Waals surface area contributed by atoms with E-state index in [-0.39, 0.29) is 29.3 Å². The summed E-state index contributed by atoms with van der Waals surface area (Å²) in [4.78, 5) is 25.4. The van der Waals surface area contributed by atoms with Crippen LogP contribution < -0.4 is 0 Å². The van der Waals surface area contributed by atoms with Crippen LogP contribution >= 0.6 is 11.3 Å². The third-order valence-corrected chi connectivity index (χ3v) is 3.58. The highest BCUT2D eigenvalue weighted by atomic mass is 32.1. The Hall–Kier alpha value is -1.94. The van der Waals surface area contributed by atoms with Crippen LogP contribution in [0.1, 0.15) is 31.3 Å². The number of benzene rings is 1. The van der Waals surface area contributed by atoms with Crippen molar-refractivity contribution in [1.29, 1.82) is 0 Å². The Bertz CT molecular complexity index is 599. The molecule has 4 heteroatoms. The van der Waals surface area contributed by atoms with E-state index in [2.05, 4.69) is 0 Å². The highest BCUT2D eigenvalue weighted by molar-refractivity contribution is 7.14. The molecule has 0 aliphatic heterocycles. The molecule has 0 aliphatic rings. The summed E-state index contributed by atoms with van der Waals surface area (Å²) in [6.45, 7) is 1.91. The van der Waals surface area contributed by atoms with Gasteiger partial charge in [-0.3, -0.25) is 9.59 Å². The van der Waals surface area contributed by atoms with E-state index < -0.39 is 0 Å². The zero-order valence-electron chi connectivity index (χ0n) is 9.84. The molecule has 3 nitrogen and oxygen atoms in total. The highest BCUT2D eigenvalue weighted by Gasteiger charge is 2.17. The Kier molecular flexibility index (Phi) is 3.58. The van der Waals surface area contributed by atoms with Gasteiger partial charge < -0.3 is 5.11 Å². The van der Waals surface area contributed by atoms with Gasteiger partial charge in [-0.05, 0) is 31.2 Å². The lowest BCUT2D eigenvalue weighted by Gasteiger charge is -2.02. The fourth-order valence-corrected chi connectivity index (χ4v) is 2.43. The Morgan fingerprint density at radius 2 is 1.83 bits per heavy atom. The Labute approximate surface area is 109 Å². The van der Waals surface area contributed by atoms with Crippen molar-refractivity contribution in [3.63, 3.8) is 0 Å². The van der Waals surface area contributed by atoms with Crippen LogP contribution in [0.3, 0.4) is 0 Å². The van der Waals surface area contributed by atoms with Crippen LogP contribution in [0.5, 0.6) is 5.75 Å². The monoisotopic (exact) mass is 260 g/mol. The normalized spacial score (nSPS) is 10.3. The molecule has 0 atom stereocenters.